The van der Waals surface area contributed by atoms with E-state index in [4.69, 9.17) is 10.5 Å². The Balaban J connectivity index is 2.49. The minimum atomic E-state index is -0.468. The van der Waals surface area contributed by atoms with Crippen molar-refractivity contribution in [3.05, 3.63) is 0 Å². The molecular weight excluding hydrogens is 282 g/mol. The molecule has 0 aromatic carbocycles. The fraction of sp³-hybridized carbons (Fsp3) is 0.875. The molecule has 0 spiro atoms. The van der Waals surface area contributed by atoms with Crippen LogP contribution < -0.4 is 11.1 Å². The minimum Gasteiger partial charge on any atom is -0.444 e. The van der Waals surface area contributed by atoms with Crippen LogP contribution in [0.5, 0.6) is 0 Å². The predicted octanol–water partition coefficient (Wildman–Crippen LogP) is 2.02. The Kier molecular flexibility index (Phi) is 6.66. The van der Waals surface area contributed by atoms with Gasteiger partial charge in [0.1, 0.15) is 5.60 Å². The fourth-order valence-corrected chi connectivity index (χ4v) is 2.96. The molecule has 3 unspecified atom stereocenters. The maximum Gasteiger partial charge on any atom is 0.410 e. The SMILES string of the molecule is CC(CC(N)=O)NC(C)CC1CCCN1C(=O)OC(C)(C)C. The molecule has 0 radical (unpaired) electrons. The van der Waals surface area contributed by atoms with Gasteiger partial charge in [0, 0.05) is 31.1 Å². The smallest absolute Gasteiger partial charge is 0.410 e. The molecule has 2 amide bonds. The third kappa shape index (κ3) is 6.64. The lowest BCUT2D eigenvalue weighted by atomic mass is 10.0. The van der Waals surface area contributed by atoms with Gasteiger partial charge in [-0.3, -0.25) is 4.79 Å². The summed E-state index contributed by atoms with van der Waals surface area (Å²) in [5, 5.41) is 3.37. The Morgan fingerprint density at radius 1 is 1.32 bits per heavy atom. The van der Waals surface area contributed by atoms with E-state index < -0.39 is 5.60 Å². The minimum absolute atomic E-state index is 0.0453. The summed E-state index contributed by atoms with van der Waals surface area (Å²) in [5.41, 5.74) is 4.74. The molecule has 0 aromatic rings. The van der Waals surface area contributed by atoms with Crippen LogP contribution in [0.1, 0.15) is 60.3 Å². The van der Waals surface area contributed by atoms with Crippen LogP contribution in [-0.4, -0.2) is 47.2 Å². The maximum absolute atomic E-state index is 12.2. The standard InChI is InChI=1S/C16H31N3O3/c1-11(18-12(2)10-14(17)20)9-13-7-6-8-19(13)15(21)22-16(3,4)5/h11-13,18H,6-10H2,1-5H3,(H2,17,20). The van der Waals surface area contributed by atoms with Crippen molar-refractivity contribution in [1.82, 2.24) is 10.2 Å². The largest absolute Gasteiger partial charge is 0.444 e. The monoisotopic (exact) mass is 313 g/mol. The molecular formula is C16H31N3O3. The summed E-state index contributed by atoms with van der Waals surface area (Å²) in [5.74, 6) is -0.302. The molecule has 1 fully saturated rings. The number of hydrogen-bond donors (Lipinski definition) is 2. The van der Waals surface area contributed by atoms with Gasteiger partial charge in [-0.05, 0) is 53.9 Å². The second-order valence-electron chi connectivity index (χ2n) is 7.34. The van der Waals surface area contributed by atoms with Crippen LogP contribution >= 0.6 is 0 Å². The van der Waals surface area contributed by atoms with Gasteiger partial charge < -0.3 is 20.7 Å². The van der Waals surface area contributed by atoms with Crippen molar-refractivity contribution < 1.29 is 14.3 Å². The third-order valence-electron chi connectivity index (χ3n) is 3.71. The van der Waals surface area contributed by atoms with Crippen LogP contribution in [0.3, 0.4) is 0 Å². The highest BCUT2D eigenvalue weighted by Crippen LogP contribution is 2.24. The lowest BCUT2D eigenvalue weighted by molar-refractivity contribution is -0.118. The second kappa shape index (κ2) is 7.81. The van der Waals surface area contributed by atoms with E-state index in [2.05, 4.69) is 12.2 Å². The Morgan fingerprint density at radius 3 is 2.50 bits per heavy atom. The van der Waals surface area contributed by atoms with Gasteiger partial charge in [-0.15, -0.1) is 0 Å². The number of ether oxygens (including phenoxy) is 1. The van der Waals surface area contributed by atoms with Crippen LogP contribution in [0.25, 0.3) is 0 Å². The number of amides is 2. The molecule has 3 N–H and O–H groups in total. The van der Waals surface area contributed by atoms with Gasteiger partial charge in [-0.1, -0.05) is 0 Å². The molecule has 3 atom stereocenters. The van der Waals surface area contributed by atoms with E-state index >= 15 is 0 Å². The summed E-state index contributed by atoms with van der Waals surface area (Å²) in [6.07, 6.45) is 2.95. The summed E-state index contributed by atoms with van der Waals surface area (Å²) in [4.78, 5) is 25.0. The number of primary amides is 1. The van der Waals surface area contributed by atoms with Crippen molar-refractivity contribution in [2.75, 3.05) is 6.54 Å². The average molecular weight is 313 g/mol. The lowest BCUT2D eigenvalue weighted by Crippen LogP contribution is -2.44. The van der Waals surface area contributed by atoms with Crippen molar-refractivity contribution in [2.45, 2.75) is 84.0 Å². The predicted molar refractivity (Wildman–Crippen MR) is 86.5 cm³/mol. The number of likely N-dealkylation sites (tertiary alicyclic amines) is 1. The molecule has 6 heteroatoms. The van der Waals surface area contributed by atoms with Gasteiger partial charge in [0.05, 0.1) is 0 Å². The Morgan fingerprint density at radius 2 is 1.95 bits per heavy atom. The Hall–Kier alpha value is -1.30. The van der Waals surface area contributed by atoms with Crippen molar-refractivity contribution in [1.29, 1.82) is 0 Å². The van der Waals surface area contributed by atoms with Crippen LogP contribution in [-0.2, 0) is 9.53 Å². The van der Waals surface area contributed by atoms with Crippen LogP contribution in [0.4, 0.5) is 4.79 Å². The molecule has 0 aromatic heterocycles. The van der Waals surface area contributed by atoms with E-state index in [9.17, 15) is 9.59 Å². The van der Waals surface area contributed by atoms with Gasteiger partial charge in [0.2, 0.25) is 5.91 Å². The van der Waals surface area contributed by atoms with E-state index in [-0.39, 0.29) is 30.1 Å². The number of nitrogens with one attached hydrogen (secondary N) is 1. The number of nitrogens with two attached hydrogens (primary N) is 1. The summed E-state index contributed by atoms with van der Waals surface area (Å²) in [6, 6.07) is 0.449. The average Bonchev–Trinajstić information content (AvgIpc) is 2.72. The molecule has 0 saturated carbocycles. The van der Waals surface area contributed by atoms with E-state index in [1.165, 1.54) is 0 Å². The molecule has 6 nitrogen and oxygen atoms in total. The molecule has 1 aliphatic rings. The van der Waals surface area contributed by atoms with E-state index in [1.54, 1.807) is 0 Å². The van der Waals surface area contributed by atoms with Gasteiger partial charge in [0.15, 0.2) is 0 Å². The number of nitrogens with zero attached hydrogens (tertiary/aromatic N) is 1. The number of carbonyl (C=O) groups excluding carboxylic acids is 2. The van der Waals surface area contributed by atoms with E-state index in [0.717, 1.165) is 25.8 Å². The van der Waals surface area contributed by atoms with Crippen LogP contribution in [0.15, 0.2) is 0 Å². The first kappa shape index (κ1) is 18.7. The van der Waals surface area contributed by atoms with Crippen molar-refractivity contribution >= 4 is 12.0 Å². The molecule has 0 bridgehead atoms. The zero-order valence-corrected chi connectivity index (χ0v) is 14.5. The zero-order valence-electron chi connectivity index (χ0n) is 14.5. The Bertz CT molecular complexity index is 393. The Labute approximate surface area is 133 Å². The van der Waals surface area contributed by atoms with Gasteiger partial charge in [-0.25, -0.2) is 4.79 Å². The zero-order chi connectivity index (χ0) is 16.9. The number of hydrogen-bond acceptors (Lipinski definition) is 4. The number of rotatable bonds is 6. The lowest BCUT2D eigenvalue weighted by Gasteiger charge is -2.30. The molecule has 1 aliphatic heterocycles. The van der Waals surface area contributed by atoms with Crippen molar-refractivity contribution in [2.24, 2.45) is 5.73 Å². The third-order valence-corrected chi connectivity index (χ3v) is 3.71. The first-order chi connectivity index (χ1) is 10.1. The van der Waals surface area contributed by atoms with Crippen molar-refractivity contribution in [3.63, 3.8) is 0 Å². The second-order valence-corrected chi connectivity index (χ2v) is 7.34. The maximum atomic E-state index is 12.2. The molecule has 128 valence electrons. The highest BCUT2D eigenvalue weighted by atomic mass is 16.6. The highest BCUT2D eigenvalue weighted by molar-refractivity contribution is 5.74. The summed E-state index contributed by atoms with van der Waals surface area (Å²) in [7, 11) is 0. The van der Waals surface area contributed by atoms with Gasteiger partial charge >= 0.3 is 6.09 Å². The van der Waals surface area contributed by atoms with Crippen molar-refractivity contribution in [3.8, 4) is 0 Å². The van der Waals surface area contributed by atoms with Crippen LogP contribution in [0.2, 0.25) is 0 Å². The normalized spacial score (nSPS) is 21.5. The van der Waals surface area contributed by atoms with Gasteiger partial charge in [-0.2, -0.15) is 0 Å². The quantitative estimate of drug-likeness (QED) is 0.785. The fourth-order valence-electron chi connectivity index (χ4n) is 2.96. The molecule has 1 heterocycles. The first-order valence-corrected chi connectivity index (χ1v) is 8.12. The summed E-state index contributed by atoms with van der Waals surface area (Å²) in [6.45, 7) is 10.4. The van der Waals surface area contributed by atoms with Gasteiger partial charge in [0.25, 0.3) is 0 Å². The summed E-state index contributed by atoms with van der Waals surface area (Å²) < 4.78 is 5.47. The van der Waals surface area contributed by atoms with E-state index in [1.807, 2.05) is 32.6 Å². The molecule has 1 saturated heterocycles. The molecule has 1 rings (SSSR count). The van der Waals surface area contributed by atoms with Crippen LogP contribution in [0, 0.1) is 0 Å². The summed E-state index contributed by atoms with van der Waals surface area (Å²) >= 11 is 0. The number of carbonyl (C=O) groups is 2. The first-order valence-electron chi connectivity index (χ1n) is 8.12. The molecule has 22 heavy (non-hydrogen) atoms. The topological polar surface area (TPSA) is 84.7 Å². The van der Waals surface area contributed by atoms with E-state index in [0.29, 0.717) is 6.42 Å². The highest BCUT2D eigenvalue weighted by Gasteiger charge is 2.33. The molecule has 0 aliphatic carbocycles.